The molecule has 1 aliphatic rings. The molecular weight excluding hydrogens is 302 g/mol. The van der Waals surface area contributed by atoms with Gasteiger partial charge in [-0.25, -0.2) is 5.01 Å². The van der Waals surface area contributed by atoms with Crippen LogP contribution in [0.2, 0.25) is 0 Å². The Balaban J connectivity index is 1.96. The Kier molecular flexibility index (Phi) is 4.42. The van der Waals surface area contributed by atoms with Gasteiger partial charge in [0.2, 0.25) is 5.91 Å². The number of benzene rings is 2. The molecule has 0 fully saturated rings. The molecule has 24 heavy (non-hydrogen) atoms. The third-order valence-corrected chi connectivity index (χ3v) is 4.03. The second-order valence-electron chi connectivity index (χ2n) is 5.79. The zero-order valence-corrected chi connectivity index (χ0v) is 13.6. The van der Waals surface area contributed by atoms with Gasteiger partial charge >= 0.3 is 0 Å². The molecule has 2 atom stereocenters. The van der Waals surface area contributed by atoms with Crippen LogP contribution in [0.25, 0.3) is 0 Å². The van der Waals surface area contributed by atoms with E-state index >= 15 is 0 Å². The van der Waals surface area contributed by atoms with Crippen molar-refractivity contribution >= 4 is 23.2 Å². The number of anilines is 1. The number of carbonyl (C=O) groups is 2. The van der Waals surface area contributed by atoms with E-state index in [1.165, 1.54) is 11.9 Å². The van der Waals surface area contributed by atoms with E-state index in [1.54, 1.807) is 0 Å². The standard InChI is InChI=1S/C19H19N3O2/c1-13-17(18(20-14(2)23)15-9-5-3-6-10-15)19(24)22(21-13)16-11-7-4-8-12-16/h3-12,17-18H,1-2H3,(H,20,23)/t17-,18-/m0/s1. The van der Waals surface area contributed by atoms with Gasteiger partial charge in [0, 0.05) is 6.92 Å². The average Bonchev–Trinajstić information content (AvgIpc) is 2.89. The third kappa shape index (κ3) is 3.06. The van der Waals surface area contributed by atoms with E-state index < -0.39 is 12.0 Å². The first-order chi connectivity index (χ1) is 11.6. The summed E-state index contributed by atoms with van der Waals surface area (Å²) in [4.78, 5) is 24.6. The summed E-state index contributed by atoms with van der Waals surface area (Å²) in [5, 5.41) is 8.74. The first kappa shape index (κ1) is 15.9. The quantitative estimate of drug-likeness (QED) is 0.941. The van der Waals surface area contributed by atoms with Crippen molar-refractivity contribution in [2.24, 2.45) is 11.0 Å². The van der Waals surface area contributed by atoms with Gasteiger partial charge in [0.15, 0.2) is 0 Å². The van der Waals surface area contributed by atoms with Crippen molar-refractivity contribution in [2.75, 3.05) is 5.01 Å². The summed E-state index contributed by atoms with van der Waals surface area (Å²) >= 11 is 0. The van der Waals surface area contributed by atoms with Crippen LogP contribution in [0.15, 0.2) is 65.8 Å². The maximum Gasteiger partial charge on any atom is 0.258 e. The van der Waals surface area contributed by atoms with Crippen molar-refractivity contribution in [3.8, 4) is 0 Å². The Morgan fingerprint density at radius 3 is 2.25 bits per heavy atom. The van der Waals surface area contributed by atoms with Crippen LogP contribution in [-0.4, -0.2) is 17.5 Å². The summed E-state index contributed by atoms with van der Waals surface area (Å²) in [5.41, 5.74) is 2.29. The molecule has 5 heteroatoms. The predicted molar refractivity (Wildman–Crippen MR) is 93.5 cm³/mol. The van der Waals surface area contributed by atoms with Crippen LogP contribution in [0.4, 0.5) is 5.69 Å². The maximum atomic E-state index is 13.0. The molecule has 1 N–H and O–H groups in total. The lowest BCUT2D eigenvalue weighted by Gasteiger charge is -2.24. The van der Waals surface area contributed by atoms with Crippen molar-refractivity contribution in [1.29, 1.82) is 0 Å². The monoisotopic (exact) mass is 321 g/mol. The van der Waals surface area contributed by atoms with Gasteiger partial charge in [0.1, 0.15) is 5.92 Å². The van der Waals surface area contributed by atoms with E-state index in [0.29, 0.717) is 5.71 Å². The molecule has 1 heterocycles. The lowest BCUT2D eigenvalue weighted by Crippen LogP contribution is -2.39. The fourth-order valence-electron chi connectivity index (χ4n) is 2.96. The van der Waals surface area contributed by atoms with Crippen molar-refractivity contribution < 1.29 is 9.59 Å². The van der Waals surface area contributed by atoms with E-state index in [9.17, 15) is 9.59 Å². The first-order valence-electron chi connectivity index (χ1n) is 7.84. The number of hydrogen-bond donors (Lipinski definition) is 1. The lowest BCUT2D eigenvalue weighted by molar-refractivity contribution is -0.122. The number of amides is 2. The van der Waals surface area contributed by atoms with Crippen LogP contribution in [0, 0.1) is 5.92 Å². The smallest absolute Gasteiger partial charge is 0.258 e. The predicted octanol–water partition coefficient (Wildman–Crippen LogP) is 2.90. The van der Waals surface area contributed by atoms with E-state index in [4.69, 9.17) is 0 Å². The highest BCUT2D eigenvalue weighted by Gasteiger charge is 2.41. The average molecular weight is 321 g/mol. The molecule has 2 aromatic carbocycles. The molecule has 0 unspecified atom stereocenters. The lowest BCUT2D eigenvalue weighted by atomic mass is 9.89. The topological polar surface area (TPSA) is 61.8 Å². The fourth-order valence-corrected chi connectivity index (χ4v) is 2.96. The molecule has 3 rings (SSSR count). The molecule has 0 spiro atoms. The molecule has 5 nitrogen and oxygen atoms in total. The zero-order chi connectivity index (χ0) is 17.1. The van der Waals surface area contributed by atoms with Crippen LogP contribution in [0.5, 0.6) is 0 Å². The van der Waals surface area contributed by atoms with E-state index in [2.05, 4.69) is 10.4 Å². The second-order valence-corrected chi connectivity index (χ2v) is 5.79. The van der Waals surface area contributed by atoms with Crippen molar-refractivity contribution in [1.82, 2.24) is 5.32 Å². The highest BCUT2D eigenvalue weighted by atomic mass is 16.2. The molecule has 2 amide bonds. The first-order valence-corrected chi connectivity index (χ1v) is 7.84. The van der Waals surface area contributed by atoms with Gasteiger partial charge in [0.25, 0.3) is 5.91 Å². The van der Waals surface area contributed by atoms with Crippen molar-refractivity contribution in [2.45, 2.75) is 19.9 Å². The van der Waals surface area contributed by atoms with E-state index in [-0.39, 0.29) is 11.8 Å². The molecule has 0 bridgehead atoms. The molecule has 2 aromatic rings. The van der Waals surface area contributed by atoms with Gasteiger partial charge in [-0.05, 0) is 24.6 Å². The Labute approximate surface area is 141 Å². The number of hydrazone groups is 1. The summed E-state index contributed by atoms with van der Waals surface area (Å²) in [6.45, 7) is 3.28. The van der Waals surface area contributed by atoms with Gasteiger partial charge in [0.05, 0.1) is 17.4 Å². The zero-order valence-electron chi connectivity index (χ0n) is 13.6. The molecule has 0 aromatic heterocycles. The number of hydrogen-bond acceptors (Lipinski definition) is 3. The SMILES string of the molecule is CC(=O)N[C@@H](c1ccccc1)[C@H]1C(=O)N(c2ccccc2)N=C1C. The molecule has 0 saturated heterocycles. The van der Waals surface area contributed by atoms with Gasteiger partial charge in [-0.15, -0.1) is 0 Å². The maximum absolute atomic E-state index is 13.0. The normalized spacial score (nSPS) is 18.2. The van der Waals surface area contributed by atoms with E-state index in [1.807, 2.05) is 67.6 Å². The highest BCUT2D eigenvalue weighted by molar-refractivity contribution is 6.15. The van der Waals surface area contributed by atoms with Crippen LogP contribution < -0.4 is 10.3 Å². The van der Waals surface area contributed by atoms with Gasteiger partial charge in [-0.3, -0.25) is 9.59 Å². The minimum absolute atomic E-state index is 0.138. The Morgan fingerprint density at radius 2 is 1.67 bits per heavy atom. The molecule has 0 aliphatic carbocycles. The Bertz CT molecular complexity index is 772. The van der Waals surface area contributed by atoms with Gasteiger partial charge < -0.3 is 5.32 Å². The number of nitrogens with zero attached hydrogens (tertiary/aromatic N) is 2. The summed E-state index contributed by atoms with van der Waals surface area (Å²) in [6, 6.07) is 18.4. The largest absolute Gasteiger partial charge is 0.348 e. The molecular formula is C19H19N3O2. The van der Waals surface area contributed by atoms with Crippen molar-refractivity contribution in [3.05, 3.63) is 66.2 Å². The van der Waals surface area contributed by atoms with Crippen molar-refractivity contribution in [3.63, 3.8) is 0 Å². The summed E-state index contributed by atoms with van der Waals surface area (Å²) < 4.78 is 0. The number of para-hydroxylation sites is 1. The minimum atomic E-state index is -0.517. The van der Waals surface area contributed by atoms with Gasteiger partial charge in [-0.2, -0.15) is 5.10 Å². The minimum Gasteiger partial charge on any atom is -0.348 e. The third-order valence-electron chi connectivity index (χ3n) is 4.03. The summed E-state index contributed by atoms with van der Waals surface area (Å²) in [5.74, 6) is -0.833. The summed E-state index contributed by atoms with van der Waals surface area (Å²) in [7, 11) is 0. The Morgan fingerprint density at radius 1 is 1.08 bits per heavy atom. The van der Waals surface area contributed by atoms with Crippen LogP contribution in [0.3, 0.4) is 0 Å². The Hall–Kier alpha value is -2.95. The fraction of sp³-hybridized carbons (Fsp3) is 0.211. The number of nitrogens with one attached hydrogen (secondary N) is 1. The van der Waals surface area contributed by atoms with Crippen LogP contribution in [0.1, 0.15) is 25.5 Å². The van der Waals surface area contributed by atoms with E-state index in [0.717, 1.165) is 11.3 Å². The van der Waals surface area contributed by atoms with Crippen LogP contribution >= 0.6 is 0 Å². The summed E-state index contributed by atoms with van der Waals surface area (Å²) in [6.07, 6.45) is 0. The number of carbonyl (C=O) groups excluding carboxylic acids is 2. The number of rotatable bonds is 4. The second kappa shape index (κ2) is 6.66. The molecule has 1 aliphatic heterocycles. The molecule has 122 valence electrons. The molecule has 0 radical (unpaired) electrons. The van der Waals surface area contributed by atoms with Crippen LogP contribution in [-0.2, 0) is 9.59 Å². The van der Waals surface area contributed by atoms with Gasteiger partial charge in [-0.1, -0.05) is 48.5 Å². The molecule has 0 saturated carbocycles. The highest BCUT2D eigenvalue weighted by Crippen LogP contribution is 2.32.